The van der Waals surface area contributed by atoms with Crippen LogP contribution >= 0.6 is 11.3 Å². The van der Waals surface area contributed by atoms with E-state index in [1.807, 2.05) is 5.38 Å². The van der Waals surface area contributed by atoms with Crippen molar-refractivity contribution < 1.29 is 9.53 Å². The second-order valence-corrected chi connectivity index (χ2v) is 6.24. The lowest BCUT2D eigenvalue weighted by Crippen LogP contribution is -2.15. The van der Waals surface area contributed by atoms with Crippen molar-refractivity contribution in [2.75, 3.05) is 12.4 Å². The normalized spacial score (nSPS) is 13.8. The van der Waals surface area contributed by atoms with Crippen LogP contribution in [0, 0.1) is 0 Å². The molecule has 1 N–H and O–H groups in total. The summed E-state index contributed by atoms with van der Waals surface area (Å²) in [5, 5.41) is 6.04. The lowest BCUT2D eigenvalue weighted by atomic mass is 9.99. The van der Waals surface area contributed by atoms with Gasteiger partial charge in [0.1, 0.15) is 5.75 Å². The number of methoxy groups -OCH3 is 1. The van der Waals surface area contributed by atoms with Gasteiger partial charge in [-0.2, -0.15) is 0 Å². The van der Waals surface area contributed by atoms with Crippen LogP contribution in [0.15, 0.2) is 28.6 Å². The standard InChI is InChI=1S/C16H17N3O2S/c1-9(2)17-16-19-14(8-22-16)13-7-15(20)11-5-4-10(21-3)6-12(11)18-13/h4-6,8-9H,7H2,1-3H3,(H,17,19). The minimum absolute atomic E-state index is 0.0639. The molecule has 0 fully saturated rings. The molecule has 1 aromatic heterocycles. The Hall–Kier alpha value is -2.21. The molecular formula is C16H17N3O2S. The predicted molar refractivity (Wildman–Crippen MR) is 89.0 cm³/mol. The minimum atomic E-state index is 0.0639. The molecule has 0 radical (unpaired) electrons. The number of ether oxygens (including phenoxy) is 1. The lowest BCUT2D eigenvalue weighted by Gasteiger charge is -2.14. The Morgan fingerprint density at radius 1 is 1.36 bits per heavy atom. The van der Waals surface area contributed by atoms with E-state index in [9.17, 15) is 4.79 Å². The second-order valence-electron chi connectivity index (χ2n) is 5.38. The number of fused-ring (bicyclic) bond motifs is 1. The van der Waals surface area contributed by atoms with Crippen LogP contribution in [0.5, 0.6) is 5.75 Å². The van der Waals surface area contributed by atoms with Gasteiger partial charge < -0.3 is 10.1 Å². The number of rotatable bonds is 4. The molecule has 0 spiro atoms. The molecule has 5 nitrogen and oxygen atoms in total. The summed E-state index contributed by atoms with van der Waals surface area (Å²) < 4.78 is 5.20. The first-order valence-corrected chi connectivity index (χ1v) is 7.96. The highest BCUT2D eigenvalue weighted by Gasteiger charge is 2.23. The number of Topliss-reactive ketones (excluding diaryl/α,β-unsaturated/α-hetero) is 1. The van der Waals surface area contributed by atoms with Crippen molar-refractivity contribution in [1.82, 2.24) is 4.98 Å². The first-order chi connectivity index (χ1) is 10.6. The summed E-state index contributed by atoms with van der Waals surface area (Å²) in [6.45, 7) is 4.12. The van der Waals surface area contributed by atoms with Gasteiger partial charge in [-0.15, -0.1) is 11.3 Å². The third-order valence-electron chi connectivity index (χ3n) is 3.30. The molecule has 0 unspecified atom stereocenters. The summed E-state index contributed by atoms with van der Waals surface area (Å²) in [6, 6.07) is 5.65. The average Bonchev–Trinajstić information content (AvgIpc) is 2.94. The smallest absolute Gasteiger partial charge is 0.183 e. The van der Waals surface area contributed by atoms with Crippen LogP contribution in [0.4, 0.5) is 10.8 Å². The summed E-state index contributed by atoms with van der Waals surface area (Å²) in [5.41, 5.74) is 2.76. The summed E-state index contributed by atoms with van der Waals surface area (Å²) in [6.07, 6.45) is 0.282. The molecule has 0 aliphatic carbocycles. The zero-order chi connectivity index (χ0) is 15.7. The third-order valence-corrected chi connectivity index (χ3v) is 4.07. The zero-order valence-corrected chi connectivity index (χ0v) is 13.5. The highest BCUT2D eigenvalue weighted by molar-refractivity contribution is 7.13. The Balaban J connectivity index is 1.95. The van der Waals surface area contributed by atoms with E-state index in [0.717, 1.165) is 10.8 Å². The van der Waals surface area contributed by atoms with Gasteiger partial charge in [0, 0.05) is 23.1 Å². The lowest BCUT2D eigenvalue weighted by molar-refractivity contribution is 0.1000. The number of nitrogens with one attached hydrogen (secondary N) is 1. The zero-order valence-electron chi connectivity index (χ0n) is 12.7. The largest absolute Gasteiger partial charge is 0.497 e. The number of carbonyl (C=O) groups excluding carboxylic acids is 1. The first kappa shape index (κ1) is 14.7. The van der Waals surface area contributed by atoms with Gasteiger partial charge in [0.05, 0.1) is 30.6 Å². The van der Waals surface area contributed by atoms with Gasteiger partial charge in [0.25, 0.3) is 0 Å². The maximum Gasteiger partial charge on any atom is 0.183 e. The molecule has 0 saturated heterocycles. The molecule has 1 aromatic carbocycles. The molecule has 0 atom stereocenters. The van der Waals surface area contributed by atoms with E-state index in [4.69, 9.17) is 4.74 Å². The topological polar surface area (TPSA) is 63.6 Å². The number of ketones is 1. The van der Waals surface area contributed by atoms with Crippen molar-refractivity contribution in [3.8, 4) is 5.75 Å². The van der Waals surface area contributed by atoms with Crippen molar-refractivity contribution in [2.45, 2.75) is 26.3 Å². The molecule has 2 heterocycles. The highest BCUT2D eigenvalue weighted by Crippen LogP contribution is 2.31. The Morgan fingerprint density at radius 3 is 2.91 bits per heavy atom. The summed E-state index contributed by atoms with van der Waals surface area (Å²) in [4.78, 5) is 21.4. The number of carbonyl (C=O) groups is 1. The van der Waals surface area contributed by atoms with Crippen molar-refractivity contribution in [1.29, 1.82) is 0 Å². The Bertz CT molecular complexity index is 750. The fourth-order valence-corrected chi connectivity index (χ4v) is 3.13. The number of thiazole rings is 1. The van der Waals surface area contributed by atoms with Gasteiger partial charge in [0.15, 0.2) is 10.9 Å². The quantitative estimate of drug-likeness (QED) is 0.935. The summed E-state index contributed by atoms with van der Waals surface area (Å²) in [7, 11) is 1.60. The molecular weight excluding hydrogens is 298 g/mol. The van der Waals surface area contributed by atoms with Crippen LogP contribution < -0.4 is 10.1 Å². The molecule has 6 heteroatoms. The van der Waals surface area contributed by atoms with Crippen LogP contribution in [0.3, 0.4) is 0 Å². The number of aromatic nitrogens is 1. The summed E-state index contributed by atoms with van der Waals surface area (Å²) >= 11 is 1.52. The predicted octanol–water partition coefficient (Wildman–Crippen LogP) is 3.68. The molecule has 0 amide bonds. The van der Waals surface area contributed by atoms with Crippen molar-refractivity contribution in [2.24, 2.45) is 4.99 Å². The van der Waals surface area contributed by atoms with Crippen LogP contribution in [-0.2, 0) is 0 Å². The van der Waals surface area contributed by atoms with Crippen LogP contribution in [0.2, 0.25) is 0 Å². The maximum absolute atomic E-state index is 12.3. The number of hydrogen-bond donors (Lipinski definition) is 1. The van der Waals surface area contributed by atoms with E-state index in [2.05, 4.69) is 29.1 Å². The van der Waals surface area contributed by atoms with Crippen LogP contribution in [-0.4, -0.2) is 29.6 Å². The number of hydrogen-bond acceptors (Lipinski definition) is 6. The Labute approximate surface area is 133 Å². The van der Waals surface area contributed by atoms with Gasteiger partial charge >= 0.3 is 0 Å². The number of nitrogens with zero attached hydrogens (tertiary/aromatic N) is 2. The van der Waals surface area contributed by atoms with E-state index < -0.39 is 0 Å². The highest BCUT2D eigenvalue weighted by atomic mass is 32.1. The van der Waals surface area contributed by atoms with Crippen LogP contribution in [0.25, 0.3) is 0 Å². The molecule has 22 heavy (non-hydrogen) atoms. The molecule has 3 rings (SSSR count). The van der Waals surface area contributed by atoms with Gasteiger partial charge in [-0.05, 0) is 26.0 Å². The number of benzene rings is 1. The average molecular weight is 315 g/mol. The monoisotopic (exact) mass is 315 g/mol. The van der Waals surface area contributed by atoms with Gasteiger partial charge in [-0.1, -0.05) is 0 Å². The Kier molecular flexibility index (Phi) is 3.94. The van der Waals surface area contributed by atoms with Crippen LogP contribution in [0.1, 0.15) is 36.3 Å². The molecule has 2 aromatic rings. The van der Waals surface area contributed by atoms with E-state index in [1.165, 1.54) is 11.3 Å². The van der Waals surface area contributed by atoms with Gasteiger partial charge in [-0.25, -0.2) is 9.98 Å². The van der Waals surface area contributed by atoms with E-state index in [-0.39, 0.29) is 12.2 Å². The second kappa shape index (κ2) is 5.88. The summed E-state index contributed by atoms with van der Waals surface area (Å²) in [5.74, 6) is 0.756. The van der Waals surface area contributed by atoms with E-state index in [1.54, 1.807) is 25.3 Å². The van der Waals surface area contributed by atoms with Gasteiger partial charge in [0.2, 0.25) is 0 Å². The van der Waals surface area contributed by atoms with E-state index >= 15 is 0 Å². The maximum atomic E-state index is 12.3. The number of anilines is 1. The van der Waals surface area contributed by atoms with Crippen molar-refractivity contribution >= 4 is 33.7 Å². The van der Waals surface area contributed by atoms with Crippen molar-refractivity contribution in [3.63, 3.8) is 0 Å². The SMILES string of the molecule is COc1ccc2c(c1)N=C(c1csc(NC(C)C)n1)CC2=O. The molecule has 114 valence electrons. The first-order valence-electron chi connectivity index (χ1n) is 7.08. The fourth-order valence-electron chi connectivity index (χ4n) is 2.27. The molecule has 0 saturated carbocycles. The van der Waals surface area contributed by atoms with E-state index in [0.29, 0.717) is 28.8 Å². The Morgan fingerprint density at radius 2 is 2.18 bits per heavy atom. The number of aliphatic imine (C=N–C) groups is 1. The van der Waals surface area contributed by atoms with Crippen molar-refractivity contribution in [3.05, 3.63) is 34.8 Å². The molecule has 0 bridgehead atoms. The fraction of sp³-hybridized carbons (Fsp3) is 0.312. The minimum Gasteiger partial charge on any atom is -0.497 e. The third kappa shape index (κ3) is 2.87. The molecule has 1 aliphatic heterocycles. The molecule has 1 aliphatic rings. The van der Waals surface area contributed by atoms with Gasteiger partial charge in [-0.3, -0.25) is 4.79 Å².